The lowest BCUT2D eigenvalue weighted by molar-refractivity contribution is 0.535. The standard InChI is InChI=1S/C15H14F3NS/c1-2-19-9-10-6-13(17)15(14(18)7-10)20-12-5-3-4-11(16)8-12/h3-8,19H,2,9H2,1H3. The van der Waals surface area contributed by atoms with Gasteiger partial charge < -0.3 is 5.32 Å². The van der Waals surface area contributed by atoms with Crippen molar-refractivity contribution >= 4 is 11.8 Å². The molecule has 0 saturated carbocycles. The number of rotatable bonds is 5. The summed E-state index contributed by atoms with van der Waals surface area (Å²) in [5.74, 6) is -1.70. The average molecular weight is 297 g/mol. The van der Waals surface area contributed by atoms with Crippen molar-refractivity contribution in [3.63, 3.8) is 0 Å². The molecule has 0 atom stereocenters. The number of hydrogen-bond donors (Lipinski definition) is 1. The molecule has 0 saturated heterocycles. The van der Waals surface area contributed by atoms with Crippen molar-refractivity contribution < 1.29 is 13.2 Å². The van der Waals surface area contributed by atoms with Crippen LogP contribution in [0.15, 0.2) is 46.2 Å². The Bertz CT molecular complexity index is 578. The van der Waals surface area contributed by atoms with Crippen molar-refractivity contribution in [1.29, 1.82) is 0 Å². The van der Waals surface area contributed by atoms with Gasteiger partial charge in [-0.05, 0) is 42.4 Å². The molecule has 106 valence electrons. The molecule has 0 heterocycles. The zero-order valence-electron chi connectivity index (χ0n) is 10.9. The van der Waals surface area contributed by atoms with E-state index in [1.807, 2.05) is 6.92 Å². The van der Waals surface area contributed by atoms with Gasteiger partial charge in [-0.1, -0.05) is 24.8 Å². The summed E-state index contributed by atoms with van der Waals surface area (Å²) >= 11 is 0.877. The molecule has 2 rings (SSSR count). The van der Waals surface area contributed by atoms with E-state index in [1.54, 1.807) is 6.07 Å². The molecule has 1 nitrogen and oxygen atoms in total. The van der Waals surface area contributed by atoms with Crippen molar-refractivity contribution in [3.8, 4) is 0 Å². The summed E-state index contributed by atoms with van der Waals surface area (Å²) in [5.41, 5.74) is 0.547. The van der Waals surface area contributed by atoms with Crippen LogP contribution in [-0.4, -0.2) is 6.54 Å². The number of hydrogen-bond acceptors (Lipinski definition) is 2. The Morgan fingerprint density at radius 3 is 2.35 bits per heavy atom. The topological polar surface area (TPSA) is 12.0 Å². The number of benzene rings is 2. The SMILES string of the molecule is CCNCc1cc(F)c(Sc2cccc(F)c2)c(F)c1. The molecule has 2 aromatic carbocycles. The monoisotopic (exact) mass is 297 g/mol. The Labute approximate surface area is 120 Å². The summed E-state index contributed by atoms with van der Waals surface area (Å²) in [6, 6.07) is 8.25. The van der Waals surface area contributed by atoms with E-state index in [1.165, 1.54) is 30.3 Å². The van der Waals surface area contributed by atoms with E-state index in [-0.39, 0.29) is 4.90 Å². The van der Waals surface area contributed by atoms with E-state index in [9.17, 15) is 13.2 Å². The molecular formula is C15H14F3NS. The van der Waals surface area contributed by atoms with Crippen LogP contribution in [0.3, 0.4) is 0 Å². The summed E-state index contributed by atoms with van der Waals surface area (Å²) in [6.45, 7) is 3.05. The van der Waals surface area contributed by atoms with Crippen molar-refractivity contribution in [2.75, 3.05) is 6.54 Å². The minimum atomic E-state index is -0.632. The van der Waals surface area contributed by atoms with Gasteiger partial charge in [0.2, 0.25) is 0 Å². The molecule has 0 fully saturated rings. The van der Waals surface area contributed by atoms with Crippen molar-refractivity contribution in [2.24, 2.45) is 0 Å². The predicted octanol–water partition coefficient (Wildman–Crippen LogP) is 4.36. The summed E-state index contributed by atoms with van der Waals surface area (Å²) in [6.07, 6.45) is 0. The molecule has 0 amide bonds. The molecular weight excluding hydrogens is 283 g/mol. The fraction of sp³-hybridized carbons (Fsp3) is 0.200. The summed E-state index contributed by atoms with van der Waals surface area (Å²) in [7, 11) is 0. The van der Waals surface area contributed by atoms with Crippen LogP contribution in [0.5, 0.6) is 0 Å². The minimum Gasteiger partial charge on any atom is -0.313 e. The van der Waals surface area contributed by atoms with Crippen LogP contribution in [0.1, 0.15) is 12.5 Å². The predicted molar refractivity (Wildman–Crippen MR) is 74.3 cm³/mol. The Balaban J connectivity index is 2.24. The number of halogens is 3. The first-order chi connectivity index (χ1) is 9.60. The third kappa shape index (κ3) is 3.77. The molecule has 0 radical (unpaired) electrons. The van der Waals surface area contributed by atoms with Crippen molar-refractivity contribution in [3.05, 3.63) is 59.4 Å². The zero-order chi connectivity index (χ0) is 14.5. The Morgan fingerprint density at radius 1 is 1.05 bits per heavy atom. The van der Waals surface area contributed by atoms with Crippen LogP contribution in [0.4, 0.5) is 13.2 Å². The normalized spacial score (nSPS) is 10.8. The summed E-state index contributed by atoms with van der Waals surface area (Å²) in [4.78, 5) is 0.345. The van der Waals surface area contributed by atoms with Crippen LogP contribution in [0, 0.1) is 17.5 Å². The molecule has 0 aliphatic rings. The first-order valence-corrected chi connectivity index (χ1v) is 7.04. The van der Waals surface area contributed by atoms with Gasteiger partial charge in [0, 0.05) is 11.4 Å². The lowest BCUT2D eigenvalue weighted by Crippen LogP contribution is -2.12. The van der Waals surface area contributed by atoms with Gasteiger partial charge in [-0.25, -0.2) is 13.2 Å². The van der Waals surface area contributed by atoms with Gasteiger partial charge in [-0.3, -0.25) is 0 Å². The van der Waals surface area contributed by atoms with Gasteiger partial charge in [0.15, 0.2) is 0 Å². The van der Waals surface area contributed by atoms with E-state index >= 15 is 0 Å². The smallest absolute Gasteiger partial charge is 0.140 e. The maximum absolute atomic E-state index is 13.9. The second-order valence-corrected chi connectivity index (χ2v) is 5.31. The lowest BCUT2D eigenvalue weighted by atomic mass is 10.2. The van der Waals surface area contributed by atoms with E-state index in [2.05, 4.69) is 5.32 Å². The van der Waals surface area contributed by atoms with Crippen molar-refractivity contribution in [1.82, 2.24) is 5.32 Å². The van der Waals surface area contributed by atoms with Gasteiger partial charge in [0.05, 0.1) is 4.90 Å². The molecule has 5 heteroatoms. The highest BCUT2D eigenvalue weighted by Gasteiger charge is 2.13. The van der Waals surface area contributed by atoms with Gasteiger partial charge in [0.1, 0.15) is 17.5 Å². The van der Waals surface area contributed by atoms with Crippen LogP contribution in [0.2, 0.25) is 0 Å². The highest BCUT2D eigenvalue weighted by atomic mass is 32.2. The molecule has 0 aliphatic heterocycles. The maximum atomic E-state index is 13.9. The minimum absolute atomic E-state index is 0.115. The fourth-order valence-electron chi connectivity index (χ4n) is 1.73. The molecule has 0 aliphatic carbocycles. The Hall–Kier alpha value is -1.46. The van der Waals surface area contributed by atoms with Crippen LogP contribution >= 0.6 is 11.8 Å². The Morgan fingerprint density at radius 2 is 1.75 bits per heavy atom. The van der Waals surface area contributed by atoms with Gasteiger partial charge in [-0.15, -0.1) is 0 Å². The molecule has 0 aromatic heterocycles. The van der Waals surface area contributed by atoms with Gasteiger partial charge in [-0.2, -0.15) is 0 Å². The first kappa shape index (κ1) is 14.9. The van der Waals surface area contributed by atoms with E-state index in [0.29, 0.717) is 17.0 Å². The third-order valence-corrected chi connectivity index (χ3v) is 3.74. The van der Waals surface area contributed by atoms with E-state index < -0.39 is 17.5 Å². The molecule has 0 unspecified atom stereocenters. The maximum Gasteiger partial charge on any atom is 0.140 e. The van der Waals surface area contributed by atoms with E-state index in [4.69, 9.17) is 0 Å². The van der Waals surface area contributed by atoms with Crippen LogP contribution in [0.25, 0.3) is 0 Å². The average Bonchev–Trinajstić information content (AvgIpc) is 2.40. The quantitative estimate of drug-likeness (QED) is 0.880. The highest BCUT2D eigenvalue weighted by Crippen LogP contribution is 2.33. The van der Waals surface area contributed by atoms with Gasteiger partial charge in [0.25, 0.3) is 0 Å². The Kier molecular flexibility index (Phi) is 5.09. The second kappa shape index (κ2) is 6.81. The molecule has 1 N–H and O–H groups in total. The lowest BCUT2D eigenvalue weighted by Gasteiger charge is -2.08. The van der Waals surface area contributed by atoms with Crippen molar-refractivity contribution in [2.45, 2.75) is 23.3 Å². The number of nitrogens with one attached hydrogen (secondary N) is 1. The van der Waals surface area contributed by atoms with Crippen LogP contribution in [-0.2, 0) is 6.54 Å². The molecule has 0 spiro atoms. The molecule has 0 bridgehead atoms. The second-order valence-electron chi connectivity index (χ2n) is 4.23. The first-order valence-electron chi connectivity index (χ1n) is 6.22. The fourth-order valence-corrected chi connectivity index (χ4v) is 2.60. The molecule has 20 heavy (non-hydrogen) atoms. The van der Waals surface area contributed by atoms with Crippen LogP contribution < -0.4 is 5.32 Å². The van der Waals surface area contributed by atoms with Gasteiger partial charge >= 0.3 is 0 Å². The highest BCUT2D eigenvalue weighted by molar-refractivity contribution is 7.99. The molecule has 2 aromatic rings. The third-order valence-electron chi connectivity index (χ3n) is 2.65. The van der Waals surface area contributed by atoms with E-state index in [0.717, 1.165) is 18.3 Å². The summed E-state index contributed by atoms with van der Waals surface area (Å²) < 4.78 is 40.9. The zero-order valence-corrected chi connectivity index (χ0v) is 11.7. The summed E-state index contributed by atoms with van der Waals surface area (Å²) in [5, 5.41) is 3.01. The largest absolute Gasteiger partial charge is 0.313 e.